The van der Waals surface area contributed by atoms with E-state index in [2.05, 4.69) is 10.6 Å². The van der Waals surface area contributed by atoms with Gasteiger partial charge in [-0.25, -0.2) is 0 Å². The molecule has 0 spiro atoms. The van der Waals surface area contributed by atoms with E-state index in [1.807, 2.05) is 42.5 Å². The molecule has 0 aliphatic carbocycles. The standard InChI is InChI=1S/C18H15N3O3/c22-18(12-19-14-7-4-8-15(11-14)21(23)24)20-17-10-3-6-13-5-1-2-9-16(13)17/h1-11,19H,12H2,(H,20,22). The first-order valence-corrected chi connectivity index (χ1v) is 7.39. The Hall–Kier alpha value is -3.41. The minimum atomic E-state index is -0.471. The summed E-state index contributed by atoms with van der Waals surface area (Å²) >= 11 is 0. The Labute approximate surface area is 138 Å². The summed E-state index contributed by atoms with van der Waals surface area (Å²) in [6.45, 7) is 0.0182. The second-order valence-electron chi connectivity index (χ2n) is 5.24. The molecule has 0 unspecified atom stereocenters. The summed E-state index contributed by atoms with van der Waals surface area (Å²) in [5.74, 6) is -0.224. The van der Waals surface area contributed by atoms with Gasteiger partial charge in [-0.15, -0.1) is 0 Å². The van der Waals surface area contributed by atoms with E-state index in [9.17, 15) is 14.9 Å². The van der Waals surface area contributed by atoms with Crippen molar-refractivity contribution in [1.82, 2.24) is 0 Å². The highest BCUT2D eigenvalue weighted by Crippen LogP contribution is 2.23. The van der Waals surface area contributed by atoms with Crippen LogP contribution in [0.5, 0.6) is 0 Å². The van der Waals surface area contributed by atoms with Crippen molar-refractivity contribution in [3.05, 3.63) is 76.8 Å². The second-order valence-corrected chi connectivity index (χ2v) is 5.24. The molecule has 0 saturated heterocycles. The third kappa shape index (κ3) is 3.49. The molecule has 3 rings (SSSR count). The smallest absolute Gasteiger partial charge is 0.271 e. The maximum absolute atomic E-state index is 12.1. The summed E-state index contributed by atoms with van der Waals surface area (Å²) in [5, 5.41) is 18.5. The van der Waals surface area contributed by atoms with Crippen molar-refractivity contribution in [1.29, 1.82) is 0 Å². The molecule has 0 bridgehead atoms. The molecule has 0 fully saturated rings. The Morgan fingerprint density at radius 2 is 1.75 bits per heavy atom. The molecule has 3 aromatic carbocycles. The zero-order chi connectivity index (χ0) is 16.9. The van der Waals surface area contributed by atoms with Crippen molar-refractivity contribution in [2.24, 2.45) is 0 Å². The molecule has 2 N–H and O–H groups in total. The molecule has 0 saturated carbocycles. The van der Waals surface area contributed by atoms with Crippen LogP contribution < -0.4 is 10.6 Å². The van der Waals surface area contributed by atoms with Gasteiger partial charge in [-0.05, 0) is 17.5 Å². The van der Waals surface area contributed by atoms with Crippen molar-refractivity contribution >= 4 is 33.7 Å². The lowest BCUT2D eigenvalue weighted by atomic mass is 10.1. The summed E-state index contributed by atoms with van der Waals surface area (Å²) in [5.41, 5.74) is 1.24. The molecule has 0 aliphatic rings. The monoisotopic (exact) mass is 321 g/mol. The molecule has 0 atom stereocenters. The van der Waals surface area contributed by atoms with Crippen molar-refractivity contribution in [3.63, 3.8) is 0 Å². The van der Waals surface area contributed by atoms with Gasteiger partial charge in [0.25, 0.3) is 5.69 Å². The lowest BCUT2D eigenvalue weighted by Crippen LogP contribution is -2.21. The van der Waals surface area contributed by atoms with Gasteiger partial charge in [0.2, 0.25) is 5.91 Å². The fourth-order valence-electron chi connectivity index (χ4n) is 2.44. The maximum Gasteiger partial charge on any atom is 0.271 e. The van der Waals surface area contributed by atoms with Crippen LogP contribution >= 0.6 is 0 Å². The van der Waals surface area contributed by atoms with Gasteiger partial charge in [0.1, 0.15) is 0 Å². The minimum Gasteiger partial charge on any atom is -0.376 e. The number of non-ortho nitro benzene ring substituents is 1. The summed E-state index contributed by atoms with van der Waals surface area (Å²) in [6.07, 6.45) is 0. The molecule has 0 radical (unpaired) electrons. The molecule has 6 heteroatoms. The summed E-state index contributed by atoms with van der Waals surface area (Å²) in [4.78, 5) is 22.4. The number of anilines is 2. The van der Waals surface area contributed by atoms with Crippen LogP contribution in [0.2, 0.25) is 0 Å². The van der Waals surface area contributed by atoms with Crippen LogP contribution in [0.25, 0.3) is 10.8 Å². The third-order valence-corrected chi connectivity index (χ3v) is 3.57. The van der Waals surface area contributed by atoms with E-state index in [0.717, 1.165) is 16.5 Å². The van der Waals surface area contributed by atoms with Crippen LogP contribution in [0.3, 0.4) is 0 Å². The van der Waals surface area contributed by atoms with E-state index in [1.54, 1.807) is 12.1 Å². The number of benzene rings is 3. The molecule has 0 aliphatic heterocycles. The molecular formula is C18H15N3O3. The normalized spacial score (nSPS) is 10.3. The van der Waals surface area contributed by atoms with E-state index in [4.69, 9.17) is 0 Å². The number of nitrogens with one attached hydrogen (secondary N) is 2. The number of nitro groups is 1. The lowest BCUT2D eigenvalue weighted by molar-refractivity contribution is -0.384. The zero-order valence-corrected chi connectivity index (χ0v) is 12.7. The van der Waals surface area contributed by atoms with E-state index < -0.39 is 4.92 Å². The number of carbonyl (C=O) groups is 1. The van der Waals surface area contributed by atoms with Gasteiger partial charge in [0, 0.05) is 28.9 Å². The number of nitrogens with zero attached hydrogens (tertiary/aromatic N) is 1. The van der Waals surface area contributed by atoms with Crippen molar-refractivity contribution in [2.45, 2.75) is 0 Å². The van der Waals surface area contributed by atoms with Crippen LogP contribution in [0.4, 0.5) is 17.1 Å². The van der Waals surface area contributed by atoms with Gasteiger partial charge >= 0.3 is 0 Å². The predicted octanol–water partition coefficient (Wildman–Crippen LogP) is 3.80. The fraction of sp³-hybridized carbons (Fsp3) is 0.0556. The SMILES string of the molecule is O=C(CNc1cccc([N+](=O)[O-])c1)Nc1cccc2ccccc12. The Morgan fingerprint density at radius 3 is 2.58 bits per heavy atom. The van der Waals surface area contributed by atoms with Crippen molar-refractivity contribution < 1.29 is 9.72 Å². The molecule has 0 aromatic heterocycles. The Balaban J connectivity index is 1.67. The van der Waals surface area contributed by atoms with Gasteiger partial charge in [-0.2, -0.15) is 0 Å². The topological polar surface area (TPSA) is 84.3 Å². The number of amides is 1. The van der Waals surface area contributed by atoms with Crippen LogP contribution in [-0.4, -0.2) is 17.4 Å². The first kappa shape index (κ1) is 15.5. The zero-order valence-electron chi connectivity index (χ0n) is 12.7. The van der Waals surface area contributed by atoms with E-state index in [-0.39, 0.29) is 18.1 Å². The quantitative estimate of drug-likeness (QED) is 0.553. The first-order valence-electron chi connectivity index (χ1n) is 7.39. The Bertz CT molecular complexity index is 903. The van der Waals surface area contributed by atoms with E-state index in [0.29, 0.717) is 5.69 Å². The fourth-order valence-corrected chi connectivity index (χ4v) is 2.44. The number of hydrogen-bond acceptors (Lipinski definition) is 4. The van der Waals surface area contributed by atoms with E-state index >= 15 is 0 Å². The molecule has 24 heavy (non-hydrogen) atoms. The minimum absolute atomic E-state index is 0.0182. The van der Waals surface area contributed by atoms with Gasteiger partial charge in [-0.1, -0.05) is 42.5 Å². The van der Waals surface area contributed by atoms with Crippen molar-refractivity contribution in [2.75, 3.05) is 17.2 Å². The average Bonchev–Trinajstić information content (AvgIpc) is 2.60. The number of nitro benzene ring substituents is 1. The molecule has 0 heterocycles. The highest BCUT2D eigenvalue weighted by atomic mass is 16.6. The Morgan fingerprint density at radius 1 is 1.00 bits per heavy atom. The summed E-state index contributed by atoms with van der Waals surface area (Å²) in [7, 11) is 0. The predicted molar refractivity (Wildman–Crippen MR) is 94.2 cm³/mol. The number of fused-ring (bicyclic) bond motifs is 1. The van der Waals surface area contributed by atoms with Crippen LogP contribution in [0, 0.1) is 10.1 Å². The molecule has 3 aromatic rings. The Kier molecular flexibility index (Phi) is 4.38. The van der Waals surface area contributed by atoms with Crippen LogP contribution in [-0.2, 0) is 4.79 Å². The molecule has 120 valence electrons. The average molecular weight is 321 g/mol. The van der Waals surface area contributed by atoms with Gasteiger partial charge in [-0.3, -0.25) is 14.9 Å². The maximum atomic E-state index is 12.1. The first-order chi connectivity index (χ1) is 11.6. The van der Waals surface area contributed by atoms with Gasteiger partial charge in [0.15, 0.2) is 0 Å². The molecular weight excluding hydrogens is 306 g/mol. The second kappa shape index (κ2) is 6.78. The third-order valence-electron chi connectivity index (χ3n) is 3.57. The largest absolute Gasteiger partial charge is 0.376 e. The number of rotatable bonds is 5. The van der Waals surface area contributed by atoms with E-state index in [1.165, 1.54) is 12.1 Å². The highest BCUT2D eigenvalue weighted by molar-refractivity contribution is 6.03. The number of hydrogen-bond donors (Lipinski definition) is 2. The number of carbonyl (C=O) groups excluding carboxylic acids is 1. The van der Waals surface area contributed by atoms with Gasteiger partial charge < -0.3 is 10.6 Å². The molecule has 6 nitrogen and oxygen atoms in total. The van der Waals surface area contributed by atoms with Crippen molar-refractivity contribution in [3.8, 4) is 0 Å². The van der Waals surface area contributed by atoms with Crippen LogP contribution in [0.1, 0.15) is 0 Å². The van der Waals surface area contributed by atoms with Crippen LogP contribution in [0.15, 0.2) is 66.7 Å². The summed E-state index contributed by atoms with van der Waals surface area (Å²) in [6, 6.07) is 19.5. The highest BCUT2D eigenvalue weighted by Gasteiger charge is 2.08. The summed E-state index contributed by atoms with van der Waals surface area (Å²) < 4.78 is 0. The van der Waals surface area contributed by atoms with Gasteiger partial charge in [0.05, 0.1) is 11.5 Å². The molecule has 1 amide bonds. The lowest BCUT2D eigenvalue weighted by Gasteiger charge is -2.10.